The molecule has 0 N–H and O–H groups in total. The van der Waals surface area contributed by atoms with Gasteiger partial charge in [0.2, 0.25) is 5.91 Å². The van der Waals surface area contributed by atoms with E-state index in [0.29, 0.717) is 23.2 Å². The van der Waals surface area contributed by atoms with Crippen LogP contribution in [0.1, 0.15) is 6.92 Å². The molecule has 0 atom stereocenters. The molecule has 1 aromatic carbocycles. The van der Waals surface area contributed by atoms with Gasteiger partial charge in [0, 0.05) is 32.1 Å². The molecule has 0 aliphatic rings. The summed E-state index contributed by atoms with van der Waals surface area (Å²) in [5.74, 6) is 1.28. The second kappa shape index (κ2) is 6.93. The number of anilines is 1. The van der Waals surface area contributed by atoms with Crippen molar-refractivity contribution in [3.05, 3.63) is 12.1 Å². The number of carbonyl (C=O) groups excluding carboxylic acids is 1. The molecule has 22 heavy (non-hydrogen) atoms. The fourth-order valence-corrected chi connectivity index (χ4v) is 3.09. The highest BCUT2D eigenvalue weighted by Crippen LogP contribution is 2.37. The minimum atomic E-state index is -0.0140. The lowest BCUT2D eigenvalue weighted by Crippen LogP contribution is -2.35. The summed E-state index contributed by atoms with van der Waals surface area (Å²) in [5, 5.41) is 0.694. The third-order valence-electron chi connectivity index (χ3n) is 3.26. The average molecular weight is 323 g/mol. The van der Waals surface area contributed by atoms with E-state index in [2.05, 4.69) is 4.98 Å². The van der Waals surface area contributed by atoms with Crippen LogP contribution in [0.5, 0.6) is 11.5 Å². The Hall–Kier alpha value is -1.86. The topological polar surface area (TPSA) is 54.9 Å². The first kappa shape index (κ1) is 16.5. The molecule has 0 aliphatic heterocycles. The lowest BCUT2D eigenvalue weighted by atomic mass is 10.3. The van der Waals surface area contributed by atoms with Gasteiger partial charge in [0.25, 0.3) is 0 Å². The zero-order valence-corrected chi connectivity index (χ0v) is 14.4. The first-order chi connectivity index (χ1) is 10.5. The van der Waals surface area contributed by atoms with E-state index in [1.54, 1.807) is 26.0 Å². The van der Waals surface area contributed by atoms with E-state index in [1.165, 1.54) is 11.3 Å². The molecule has 120 valence electrons. The number of amides is 1. The zero-order chi connectivity index (χ0) is 16.3. The number of ether oxygens (including phenoxy) is 2. The van der Waals surface area contributed by atoms with Crippen LogP contribution >= 0.6 is 11.3 Å². The summed E-state index contributed by atoms with van der Waals surface area (Å²) < 4.78 is 11.6. The zero-order valence-electron chi connectivity index (χ0n) is 13.5. The van der Waals surface area contributed by atoms with E-state index in [4.69, 9.17) is 9.47 Å². The molecule has 0 fully saturated rings. The molecule has 6 nitrogen and oxygen atoms in total. The van der Waals surface area contributed by atoms with Gasteiger partial charge in [0.1, 0.15) is 0 Å². The number of aromatic nitrogens is 1. The molecule has 0 radical (unpaired) electrons. The molecule has 2 aromatic rings. The maximum Gasteiger partial charge on any atom is 0.225 e. The highest BCUT2D eigenvalue weighted by Gasteiger charge is 2.18. The van der Waals surface area contributed by atoms with Crippen LogP contribution in [0.3, 0.4) is 0 Å². The van der Waals surface area contributed by atoms with Crippen LogP contribution in [0.2, 0.25) is 0 Å². The number of fused-ring (bicyclic) bond motifs is 1. The summed E-state index contributed by atoms with van der Waals surface area (Å²) in [6, 6.07) is 3.72. The van der Waals surface area contributed by atoms with E-state index in [0.717, 1.165) is 16.8 Å². The Bertz CT molecular complexity index is 628. The lowest BCUT2D eigenvalue weighted by Gasteiger charge is -2.20. The summed E-state index contributed by atoms with van der Waals surface area (Å²) in [6.07, 6.45) is 0. The van der Waals surface area contributed by atoms with Gasteiger partial charge < -0.3 is 14.4 Å². The lowest BCUT2D eigenvalue weighted by molar-refractivity contribution is -0.116. The third-order valence-corrected chi connectivity index (χ3v) is 4.31. The van der Waals surface area contributed by atoms with Gasteiger partial charge in [0.15, 0.2) is 16.6 Å². The molecule has 2 rings (SSSR count). The number of thiazole rings is 1. The fourth-order valence-electron chi connectivity index (χ4n) is 2.05. The monoisotopic (exact) mass is 323 g/mol. The van der Waals surface area contributed by atoms with Crippen molar-refractivity contribution in [1.82, 2.24) is 9.88 Å². The van der Waals surface area contributed by atoms with Gasteiger partial charge >= 0.3 is 0 Å². The molecule has 0 aliphatic carbocycles. The van der Waals surface area contributed by atoms with Crippen molar-refractivity contribution in [2.24, 2.45) is 0 Å². The van der Waals surface area contributed by atoms with Crippen molar-refractivity contribution in [2.75, 3.05) is 46.3 Å². The number of nitrogens with zero attached hydrogens (tertiary/aromatic N) is 3. The van der Waals surface area contributed by atoms with E-state index in [-0.39, 0.29) is 5.91 Å². The van der Waals surface area contributed by atoms with Crippen molar-refractivity contribution < 1.29 is 14.3 Å². The molecule has 0 saturated carbocycles. The number of hydrogen-bond acceptors (Lipinski definition) is 6. The second-order valence-corrected chi connectivity index (χ2v) is 6.15. The van der Waals surface area contributed by atoms with Crippen molar-refractivity contribution in [1.29, 1.82) is 0 Å². The Morgan fingerprint density at radius 3 is 2.36 bits per heavy atom. The SMILES string of the molecule is COc1cc2nc(N(CCN(C)C)C(C)=O)sc2cc1OC. The van der Waals surface area contributed by atoms with Crippen LogP contribution < -0.4 is 14.4 Å². The van der Waals surface area contributed by atoms with E-state index in [1.807, 2.05) is 31.1 Å². The number of hydrogen-bond donors (Lipinski definition) is 0. The van der Waals surface area contributed by atoms with Crippen LogP contribution in [-0.4, -0.2) is 57.2 Å². The number of rotatable bonds is 6. The fraction of sp³-hybridized carbons (Fsp3) is 0.467. The molecule has 0 saturated heterocycles. The van der Waals surface area contributed by atoms with Gasteiger partial charge in [-0.1, -0.05) is 11.3 Å². The molecule has 1 aromatic heterocycles. The van der Waals surface area contributed by atoms with Crippen LogP contribution in [-0.2, 0) is 4.79 Å². The highest BCUT2D eigenvalue weighted by atomic mass is 32.1. The predicted molar refractivity (Wildman–Crippen MR) is 89.3 cm³/mol. The normalized spacial score (nSPS) is 11.0. The van der Waals surface area contributed by atoms with Gasteiger partial charge in [-0.3, -0.25) is 9.69 Å². The summed E-state index contributed by atoms with van der Waals surface area (Å²) in [6.45, 7) is 2.95. The smallest absolute Gasteiger partial charge is 0.225 e. The molecule has 1 amide bonds. The van der Waals surface area contributed by atoms with Crippen LogP contribution in [0.15, 0.2) is 12.1 Å². The Morgan fingerprint density at radius 2 is 1.82 bits per heavy atom. The van der Waals surface area contributed by atoms with Crippen molar-refractivity contribution in [3.8, 4) is 11.5 Å². The molecular formula is C15H21N3O3S. The maximum atomic E-state index is 11.9. The maximum absolute atomic E-state index is 11.9. The number of carbonyl (C=O) groups is 1. The summed E-state index contributed by atoms with van der Waals surface area (Å²) in [7, 11) is 7.15. The molecule has 0 spiro atoms. The Morgan fingerprint density at radius 1 is 1.18 bits per heavy atom. The minimum Gasteiger partial charge on any atom is -0.493 e. The number of likely N-dealkylation sites (N-methyl/N-ethyl adjacent to an activating group) is 1. The first-order valence-corrected chi connectivity index (χ1v) is 7.73. The van der Waals surface area contributed by atoms with Crippen LogP contribution in [0.25, 0.3) is 10.2 Å². The Kier molecular flexibility index (Phi) is 5.20. The summed E-state index contributed by atoms with van der Waals surface area (Å²) in [4.78, 5) is 20.2. The van der Waals surface area contributed by atoms with E-state index >= 15 is 0 Å². The standard InChI is InChI=1S/C15H21N3O3S/c1-10(19)18(7-6-17(2)3)15-16-11-8-12(20-4)13(21-5)9-14(11)22-15/h8-9H,6-7H2,1-5H3. The van der Waals surface area contributed by atoms with E-state index in [9.17, 15) is 4.79 Å². The molecule has 7 heteroatoms. The van der Waals surface area contributed by atoms with Gasteiger partial charge in [-0.2, -0.15) is 0 Å². The predicted octanol–water partition coefficient (Wildman–Crippen LogP) is 2.23. The minimum absolute atomic E-state index is 0.0140. The average Bonchev–Trinajstić information content (AvgIpc) is 2.87. The quantitative estimate of drug-likeness (QED) is 0.816. The Labute approximate surface area is 134 Å². The first-order valence-electron chi connectivity index (χ1n) is 6.91. The Balaban J connectivity index is 2.39. The van der Waals surface area contributed by atoms with Gasteiger partial charge in [-0.25, -0.2) is 4.98 Å². The van der Waals surface area contributed by atoms with Crippen molar-refractivity contribution in [2.45, 2.75) is 6.92 Å². The molecule has 0 unspecified atom stereocenters. The van der Waals surface area contributed by atoms with Gasteiger partial charge in [-0.05, 0) is 14.1 Å². The molecule has 1 heterocycles. The summed E-state index contributed by atoms with van der Waals surface area (Å²) in [5.41, 5.74) is 0.800. The molecular weight excluding hydrogens is 302 g/mol. The third kappa shape index (κ3) is 3.48. The van der Waals surface area contributed by atoms with Crippen molar-refractivity contribution in [3.63, 3.8) is 0 Å². The second-order valence-electron chi connectivity index (χ2n) is 5.15. The molecule has 0 bridgehead atoms. The highest BCUT2D eigenvalue weighted by molar-refractivity contribution is 7.22. The largest absolute Gasteiger partial charge is 0.493 e. The van der Waals surface area contributed by atoms with Gasteiger partial charge in [0.05, 0.1) is 24.4 Å². The van der Waals surface area contributed by atoms with E-state index < -0.39 is 0 Å². The summed E-state index contributed by atoms with van der Waals surface area (Å²) >= 11 is 1.47. The van der Waals surface area contributed by atoms with Gasteiger partial charge in [-0.15, -0.1) is 0 Å². The van der Waals surface area contributed by atoms with Crippen molar-refractivity contribution >= 4 is 32.6 Å². The number of methoxy groups -OCH3 is 2. The van der Waals surface area contributed by atoms with Crippen LogP contribution in [0.4, 0.5) is 5.13 Å². The number of benzene rings is 1. The van der Waals surface area contributed by atoms with Crippen LogP contribution in [0, 0.1) is 0 Å².